The third kappa shape index (κ3) is 3.53. The topological polar surface area (TPSA) is 59.4 Å². The lowest BCUT2D eigenvalue weighted by atomic mass is 10.0. The number of hydrogen-bond donors (Lipinski definition) is 1. The van der Waals surface area contributed by atoms with E-state index in [1.807, 2.05) is 0 Å². The van der Waals surface area contributed by atoms with E-state index in [1.54, 1.807) is 24.3 Å². The molecule has 0 amide bonds. The first kappa shape index (κ1) is 17.6. The molecule has 3 aromatic carbocycles. The Morgan fingerprint density at radius 1 is 0.821 bits per heavy atom. The molecule has 0 bridgehead atoms. The Kier molecular flexibility index (Phi) is 4.45. The number of pyridine rings is 1. The third-order valence-electron chi connectivity index (χ3n) is 4.20. The monoisotopic (exact) mass is 377 g/mol. The van der Waals surface area contributed by atoms with Gasteiger partial charge >= 0.3 is 5.97 Å². The van der Waals surface area contributed by atoms with Crippen molar-refractivity contribution in [3.8, 4) is 22.8 Å². The minimum atomic E-state index is -1.16. The van der Waals surface area contributed by atoms with E-state index in [1.165, 1.54) is 42.5 Å². The summed E-state index contributed by atoms with van der Waals surface area (Å²) in [6, 6.07) is 17.8. The number of carbonyl (C=O) groups is 1. The van der Waals surface area contributed by atoms with Gasteiger partial charge < -0.3 is 9.84 Å². The molecule has 1 aromatic heterocycles. The molecule has 1 heterocycles. The maximum atomic E-state index is 13.5. The summed E-state index contributed by atoms with van der Waals surface area (Å²) < 4.78 is 32.1. The number of hydrogen-bond acceptors (Lipinski definition) is 3. The summed E-state index contributed by atoms with van der Waals surface area (Å²) in [6.45, 7) is 0. The van der Waals surface area contributed by atoms with Crippen LogP contribution in [0.15, 0.2) is 72.8 Å². The predicted octanol–water partition coefficient (Wildman–Crippen LogP) is 5.67. The molecule has 138 valence electrons. The molecule has 0 aliphatic heterocycles. The fourth-order valence-corrected chi connectivity index (χ4v) is 2.86. The van der Waals surface area contributed by atoms with Crippen LogP contribution in [0, 0.1) is 11.6 Å². The highest BCUT2D eigenvalue weighted by Crippen LogP contribution is 2.28. The van der Waals surface area contributed by atoms with Gasteiger partial charge in [-0.15, -0.1) is 0 Å². The van der Waals surface area contributed by atoms with Crippen molar-refractivity contribution in [2.75, 3.05) is 0 Å². The minimum absolute atomic E-state index is 0.0221. The molecule has 4 nitrogen and oxygen atoms in total. The van der Waals surface area contributed by atoms with Gasteiger partial charge in [-0.2, -0.15) is 0 Å². The molecular weight excluding hydrogens is 364 g/mol. The van der Waals surface area contributed by atoms with Crippen LogP contribution in [0.1, 0.15) is 10.4 Å². The van der Waals surface area contributed by atoms with E-state index >= 15 is 0 Å². The second-order valence-corrected chi connectivity index (χ2v) is 6.10. The number of aromatic nitrogens is 1. The van der Waals surface area contributed by atoms with E-state index in [4.69, 9.17) is 4.74 Å². The lowest BCUT2D eigenvalue weighted by Crippen LogP contribution is -2.00. The molecule has 0 saturated heterocycles. The number of carboxylic acids is 1. The Hall–Kier alpha value is -3.80. The Morgan fingerprint density at radius 3 is 2.07 bits per heavy atom. The number of rotatable bonds is 4. The summed E-state index contributed by atoms with van der Waals surface area (Å²) in [6.07, 6.45) is 0. The number of nitrogens with zero attached hydrogens (tertiary/aromatic N) is 1. The van der Waals surface area contributed by atoms with E-state index in [9.17, 15) is 18.7 Å². The number of ether oxygens (including phenoxy) is 1. The molecule has 0 atom stereocenters. The van der Waals surface area contributed by atoms with Crippen molar-refractivity contribution in [3.05, 3.63) is 90.0 Å². The smallest absolute Gasteiger partial charge is 0.336 e. The van der Waals surface area contributed by atoms with Crippen molar-refractivity contribution in [3.63, 3.8) is 0 Å². The van der Waals surface area contributed by atoms with Crippen molar-refractivity contribution >= 4 is 16.9 Å². The first-order valence-corrected chi connectivity index (χ1v) is 8.37. The quantitative estimate of drug-likeness (QED) is 0.498. The van der Waals surface area contributed by atoms with Gasteiger partial charge in [0.15, 0.2) is 0 Å². The summed E-state index contributed by atoms with van der Waals surface area (Å²) in [4.78, 5) is 16.0. The molecular formula is C22H13F2NO3. The maximum Gasteiger partial charge on any atom is 0.336 e. The van der Waals surface area contributed by atoms with Gasteiger partial charge in [-0.25, -0.2) is 18.6 Å². The number of benzene rings is 3. The van der Waals surface area contributed by atoms with E-state index < -0.39 is 11.8 Å². The molecule has 0 radical (unpaired) electrons. The Bertz CT molecular complexity index is 1170. The van der Waals surface area contributed by atoms with Gasteiger partial charge in [-0.1, -0.05) is 0 Å². The molecule has 6 heteroatoms. The van der Waals surface area contributed by atoms with Crippen LogP contribution in [0.2, 0.25) is 0 Å². The van der Waals surface area contributed by atoms with Crippen LogP contribution in [0.5, 0.6) is 11.5 Å². The fourth-order valence-electron chi connectivity index (χ4n) is 2.86. The van der Waals surface area contributed by atoms with Gasteiger partial charge in [0, 0.05) is 10.9 Å². The molecule has 0 unspecified atom stereocenters. The summed E-state index contributed by atoms with van der Waals surface area (Å²) >= 11 is 0. The Balaban J connectivity index is 1.69. The van der Waals surface area contributed by atoms with Crippen LogP contribution in [0.4, 0.5) is 8.78 Å². The van der Waals surface area contributed by atoms with Crippen molar-refractivity contribution in [1.82, 2.24) is 4.98 Å². The lowest BCUT2D eigenvalue weighted by Gasteiger charge is -2.09. The minimum Gasteiger partial charge on any atom is -0.478 e. The zero-order valence-electron chi connectivity index (χ0n) is 14.4. The first-order chi connectivity index (χ1) is 13.5. The number of carboxylic acid groups (broad SMARTS) is 1. The third-order valence-corrected chi connectivity index (χ3v) is 4.20. The standard InChI is InChI=1S/C22H13F2NO3/c23-14-3-8-17(9-4-14)28-16-6-1-13(2-7-16)21-12-19(22(26)27)18-11-15(24)5-10-20(18)25-21/h1-12H,(H,26,27). The number of halogens is 2. The van der Waals surface area contributed by atoms with E-state index in [0.29, 0.717) is 28.3 Å². The summed E-state index contributed by atoms with van der Waals surface area (Å²) in [5, 5.41) is 9.72. The largest absolute Gasteiger partial charge is 0.478 e. The van der Waals surface area contributed by atoms with E-state index in [0.717, 1.165) is 6.07 Å². The molecule has 1 N–H and O–H groups in total. The second-order valence-electron chi connectivity index (χ2n) is 6.10. The molecule has 4 aromatic rings. The van der Waals surface area contributed by atoms with Crippen LogP contribution < -0.4 is 4.74 Å². The second kappa shape index (κ2) is 7.08. The number of fused-ring (bicyclic) bond motifs is 1. The van der Waals surface area contributed by atoms with Crippen LogP contribution >= 0.6 is 0 Å². The average Bonchev–Trinajstić information content (AvgIpc) is 2.69. The first-order valence-electron chi connectivity index (χ1n) is 8.37. The highest BCUT2D eigenvalue weighted by molar-refractivity contribution is 6.03. The van der Waals surface area contributed by atoms with Crippen LogP contribution in [0.25, 0.3) is 22.2 Å². The van der Waals surface area contributed by atoms with Gasteiger partial charge in [-0.3, -0.25) is 0 Å². The van der Waals surface area contributed by atoms with Gasteiger partial charge in [0.25, 0.3) is 0 Å². The number of aromatic carboxylic acids is 1. The molecule has 0 fully saturated rings. The zero-order chi connectivity index (χ0) is 19.7. The van der Waals surface area contributed by atoms with Gasteiger partial charge in [0.2, 0.25) is 0 Å². The Morgan fingerprint density at radius 2 is 1.43 bits per heavy atom. The normalized spacial score (nSPS) is 10.8. The summed E-state index contributed by atoms with van der Waals surface area (Å²) in [5.74, 6) is -0.994. The van der Waals surface area contributed by atoms with Crippen LogP contribution in [-0.2, 0) is 0 Å². The van der Waals surface area contributed by atoms with Crippen LogP contribution in [0.3, 0.4) is 0 Å². The zero-order valence-corrected chi connectivity index (χ0v) is 14.4. The van der Waals surface area contributed by atoms with Gasteiger partial charge in [0.1, 0.15) is 23.1 Å². The lowest BCUT2D eigenvalue weighted by molar-refractivity contribution is 0.0699. The van der Waals surface area contributed by atoms with Gasteiger partial charge in [0.05, 0.1) is 16.8 Å². The van der Waals surface area contributed by atoms with Crippen molar-refractivity contribution in [1.29, 1.82) is 0 Å². The molecule has 28 heavy (non-hydrogen) atoms. The SMILES string of the molecule is O=C(O)c1cc(-c2ccc(Oc3ccc(F)cc3)cc2)nc2ccc(F)cc12. The fraction of sp³-hybridized carbons (Fsp3) is 0. The van der Waals surface area contributed by atoms with Gasteiger partial charge in [-0.05, 0) is 72.8 Å². The molecule has 0 aliphatic carbocycles. The van der Waals surface area contributed by atoms with Crippen molar-refractivity contribution in [2.24, 2.45) is 0 Å². The molecule has 4 rings (SSSR count). The van der Waals surface area contributed by atoms with Crippen molar-refractivity contribution < 1.29 is 23.4 Å². The van der Waals surface area contributed by atoms with Crippen molar-refractivity contribution in [2.45, 2.75) is 0 Å². The highest BCUT2D eigenvalue weighted by Gasteiger charge is 2.14. The summed E-state index contributed by atoms with van der Waals surface area (Å²) in [7, 11) is 0. The van der Waals surface area contributed by atoms with E-state index in [2.05, 4.69) is 4.98 Å². The maximum absolute atomic E-state index is 13.5. The predicted molar refractivity (Wildman–Crippen MR) is 101 cm³/mol. The van der Waals surface area contributed by atoms with Crippen LogP contribution in [-0.4, -0.2) is 16.1 Å². The molecule has 0 aliphatic rings. The average molecular weight is 377 g/mol. The van der Waals surface area contributed by atoms with E-state index in [-0.39, 0.29) is 16.8 Å². The summed E-state index contributed by atoms with van der Waals surface area (Å²) in [5.41, 5.74) is 1.50. The molecule has 0 saturated carbocycles. The Labute approximate surface area is 158 Å². The highest BCUT2D eigenvalue weighted by atomic mass is 19.1. The molecule has 0 spiro atoms.